The predicted octanol–water partition coefficient (Wildman–Crippen LogP) is 5.59. The van der Waals surface area contributed by atoms with Crippen molar-refractivity contribution in [1.82, 2.24) is 4.98 Å². The molecular formula is C21H10ClN. The summed E-state index contributed by atoms with van der Waals surface area (Å²) in [6, 6.07) is 13.4. The molecule has 1 heterocycles. The van der Waals surface area contributed by atoms with Crippen LogP contribution in [-0.2, 0) is 12.8 Å². The SMILES string of the molecule is Clc1nc2ccc3c4c5c(ccc6c5c5c(ccc1c5c24)C6)C3. The lowest BCUT2D eigenvalue weighted by molar-refractivity contribution is 1.24. The Balaban J connectivity index is 2.05. The maximum atomic E-state index is 6.52. The highest BCUT2D eigenvalue weighted by molar-refractivity contribution is 6.42. The minimum atomic E-state index is 0.626. The maximum absolute atomic E-state index is 6.52. The molecule has 5 aromatic rings. The third-order valence-corrected chi connectivity index (χ3v) is 6.18. The van der Waals surface area contributed by atoms with Gasteiger partial charge in [-0.1, -0.05) is 41.9 Å². The third kappa shape index (κ3) is 1.04. The van der Waals surface area contributed by atoms with Crippen LogP contribution < -0.4 is 0 Å². The van der Waals surface area contributed by atoms with Gasteiger partial charge in [-0.05, 0) is 62.7 Å². The predicted molar refractivity (Wildman–Crippen MR) is 96.1 cm³/mol. The molecule has 7 rings (SSSR count). The van der Waals surface area contributed by atoms with Crippen molar-refractivity contribution in [2.24, 2.45) is 0 Å². The van der Waals surface area contributed by atoms with Gasteiger partial charge in [0.15, 0.2) is 0 Å². The van der Waals surface area contributed by atoms with Gasteiger partial charge in [0, 0.05) is 16.2 Å². The summed E-state index contributed by atoms with van der Waals surface area (Å²) in [4.78, 5) is 4.69. The number of nitrogens with zero attached hydrogens (tertiary/aromatic N) is 1. The first kappa shape index (κ1) is 11.2. The van der Waals surface area contributed by atoms with Gasteiger partial charge in [-0.3, -0.25) is 0 Å². The van der Waals surface area contributed by atoms with Gasteiger partial charge in [-0.25, -0.2) is 4.98 Å². The van der Waals surface area contributed by atoms with Crippen molar-refractivity contribution in [2.75, 3.05) is 0 Å². The average Bonchev–Trinajstić information content (AvgIpc) is 3.11. The van der Waals surface area contributed by atoms with E-state index in [1.165, 1.54) is 54.6 Å². The van der Waals surface area contributed by atoms with Gasteiger partial charge in [0.1, 0.15) is 5.15 Å². The summed E-state index contributed by atoms with van der Waals surface area (Å²) in [5.41, 5.74) is 6.85. The molecule has 0 aliphatic heterocycles. The summed E-state index contributed by atoms with van der Waals surface area (Å²) in [5, 5.41) is 10.2. The number of halogens is 1. The van der Waals surface area contributed by atoms with Crippen LogP contribution in [0.2, 0.25) is 5.15 Å². The number of hydrogen-bond donors (Lipinski definition) is 0. The zero-order chi connectivity index (χ0) is 14.9. The van der Waals surface area contributed by atoms with Crippen molar-refractivity contribution in [3.05, 3.63) is 63.8 Å². The third-order valence-electron chi connectivity index (χ3n) is 5.89. The Morgan fingerprint density at radius 2 is 1.13 bits per heavy atom. The number of aromatic nitrogens is 1. The van der Waals surface area contributed by atoms with E-state index in [1.807, 2.05) is 0 Å². The van der Waals surface area contributed by atoms with Crippen LogP contribution in [0.5, 0.6) is 0 Å². The summed E-state index contributed by atoms with van der Waals surface area (Å²) in [6.07, 6.45) is 2.08. The van der Waals surface area contributed by atoms with E-state index in [2.05, 4.69) is 41.4 Å². The second kappa shape index (κ2) is 3.27. The number of hydrogen-bond acceptors (Lipinski definition) is 1. The maximum Gasteiger partial charge on any atom is 0.137 e. The van der Waals surface area contributed by atoms with Crippen molar-refractivity contribution in [1.29, 1.82) is 0 Å². The van der Waals surface area contributed by atoms with Gasteiger partial charge >= 0.3 is 0 Å². The molecule has 0 unspecified atom stereocenters. The monoisotopic (exact) mass is 311 g/mol. The molecule has 23 heavy (non-hydrogen) atoms. The lowest BCUT2D eigenvalue weighted by Crippen LogP contribution is -1.91. The first-order valence-electron chi connectivity index (χ1n) is 8.03. The summed E-state index contributed by atoms with van der Waals surface area (Å²) < 4.78 is 0. The molecular weight excluding hydrogens is 302 g/mol. The van der Waals surface area contributed by atoms with E-state index < -0.39 is 0 Å². The van der Waals surface area contributed by atoms with Crippen molar-refractivity contribution in [2.45, 2.75) is 12.8 Å². The van der Waals surface area contributed by atoms with Gasteiger partial charge in [0.25, 0.3) is 0 Å². The minimum Gasteiger partial charge on any atom is -0.235 e. The number of rotatable bonds is 0. The largest absolute Gasteiger partial charge is 0.235 e. The highest BCUT2D eigenvalue weighted by atomic mass is 35.5. The zero-order valence-corrected chi connectivity index (χ0v) is 13.0. The van der Waals surface area contributed by atoms with Crippen LogP contribution in [0.1, 0.15) is 22.3 Å². The van der Waals surface area contributed by atoms with E-state index in [9.17, 15) is 0 Å². The van der Waals surface area contributed by atoms with Gasteiger partial charge in [-0.15, -0.1) is 0 Å². The zero-order valence-electron chi connectivity index (χ0n) is 12.2. The highest BCUT2D eigenvalue weighted by Gasteiger charge is 2.28. The van der Waals surface area contributed by atoms with E-state index in [0.717, 1.165) is 23.7 Å². The standard InChI is InChI=1S/C21H10ClN/c22-21-13-5-3-11-7-9-1-2-10-8-12-4-6-14(23-21)20-18(12)16(10)15(9)17(11)19(13)20/h1-6H,7-8H2. The Hall–Kier alpha value is -2.38. The lowest BCUT2D eigenvalue weighted by Gasteiger charge is -2.14. The number of pyridine rings is 1. The van der Waals surface area contributed by atoms with Gasteiger partial charge in [0.05, 0.1) is 5.52 Å². The van der Waals surface area contributed by atoms with E-state index in [0.29, 0.717) is 5.15 Å². The molecule has 0 atom stereocenters. The average molecular weight is 312 g/mol. The second-order valence-corrected chi connectivity index (χ2v) is 7.26. The van der Waals surface area contributed by atoms with Crippen molar-refractivity contribution in [3.63, 3.8) is 0 Å². The molecule has 106 valence electrons. The van der Waals surface area contributed by atoms with Crippen LogP contribution in [0.4, 0.5) is 0 Å². The molecule has 0 amide bonds. The summed E-state index contributed by atoms with van der Waals surface area (Å²) in [7, 11) is 0. The molecule has 0 N–H and O–H groups in total. The van der Waals surface area contributed by atoms with E-state index >= 15 is 0 Å². The fourth-order valence-corrected chi connectivity index (χ4v) is 5.30. The molecule has 1 nitrogen and oxygen atoms in total. The summed E-state index contributed by atoms with van der Waals surface area (Å²) in [6.45, 7) is 0. The van der Waals surface area contributed by atoms with Crippen LogP contribution >= 0.6 is 11.6 Å². The first-order chi connectivity index (χ1) is 11.3. The molecule has 0 saturated heterocycles. The Bertz CT molecular complexity index is 1360. The van der Waals surface area contributed by atoms with Gasteiger partial charge in [0.2, 0.25) is 0 Å². The van der Waals surface area contributed by atoms with Crippen molar-refractivity contribution in [3.8, 4) is 0 Å². The first-order valence-corrected chi connectivity index (χ1v) is 8.41. The van der Waals surface area contributed by atoms with E-state index in [-0.39, 0.29) is 0 Å². The van der Waals surface area contributed by atoms with Gasteiger partial charge in [-0.2, -0.15) is 0 Å². The van der Waals surface area contributed by atoms with Crippen LogP contribution in [0.3, 0.4) is 0 Å². The molecule has 2 heteroatoms. The highest BCUT2D eigenvalue weighted by Crippen LogP contribution is 2.51. The van der Waals surface area contributed by atoms with Crippen LogP contribution in [-0.4, -0.2) is 4.98 Å². The van der Waals surface area contributed by atoms with Crippen molar-refractivity contribution >= 4 is 54.8 Å². The van der Waals surface area contributed by atoms with Crippen LogP contribution in [0, 0.1) is 0 Å². The lowest BCUT2D eigenvalue weighted by atomic mass is 9.92. The quantitative estimate of drug-likeness (QED) is 0.202. The smallest absolute Gasteiger partial charge is 0.137 e. The molecule has 0 spiro atoms. The molecule has 0 fully saturated rings. The van der Waals surface area contributed by atoms with Crippen LogP contribution in [0.25, 0.3) is 43.2 Å². The van der Waals surface area contributed by atoms with Crippen molar-refractivity contribution < 1.29 is 0 Å². The molecule has 0 radical (unpaired) electrons. The molecule has 2 aliphatic rings. The molecule has 1 aromatic heterocycles. The Labute approximate surface area is 136 Å². The Morgan fingerprint density at radius 3 is 1.83 bits per heavy atom. The van der Waals surface area contributed by atoms with E-state index in [4.69, 9.17) is 11.6 Å². The molecule has 4 aromatic carbocycles. The minimum absolute atomic E-state index is 0.626. The molecule has 0 saturated carbocycles. The Kier molecular flexibility index (Phi) is 1.59. The summed E-state index contributed by atoms with van der Waals surface area (Å²) in [5.74, 6) is 0. The molecule has 2 aliphatic carbocycles. The normalized spacial score (nSPS) is 14.8. The summed E-state index contributed by atoms with van der Waals surface area (Å²) >= 11 is 6.52. The fourth-order valence-electron chi connectivity index (χ4n) is 5.06. The van der Waals surface area contributed by atoms with E-state index in [1.54, 1.807) is 0 Å². The van der Waals surface area contributed by atoms with Gasteiger partial charge < -0.3 is 0 Å². The topological polar surface area (TPSA) is 12.9 Å². The number of benzene rings is 4. The fraction of sp³-hybridized carbons (Fsp3) is 0.0952. The molecule has 0 bridgehead atoms. The Morgan fingerprint density at radius 1 is 0.609 bits per heavy atom. The second-order valence-electron chi connectivity index (χ2n) is 6.91. The van der Waals surface area contributed by atoms with Crippen LogP contribution in [0.15, 0.2) is 36.4 Å².